The number of hydrogen-bond donors (Lipinski definition) is 0. The summed E-state index contributed by atoms with van der Waals surface area (Å²) in [6, 6.07) is 16.0. The minimum Gasteiger partial charge on any atom is -0.378 e. The summed E-state index contributed by atoms with van der Waals surface area (Å²) in [5.74, 6) is -1.00. The third-order valence-electron chi connectivity index (χ3n) is 4.72. The summed E-state index contributed by atoms with van der Waals surface area (Å²) in [6.45, 7) is -0.173. The van der Waals surface area contributed by atoms with Crippen molar-refractivity contribution in [3.8, 4) is 5.75 Å². The van der Waals surface area contributed by atoms with Gasteiger partial charge < -0.3 is 4.18 Å². The van der Waals surface area contributed by atoms with E-state index in [9.17, 15) is 22.4 Å². The number of carbonyl (C=O) groups is 2. The van der Waals surface area contributed by atoms with Crippen LogP contribution < -0.4 is 4.18 Å². The molecule has 0 aliphatic carbocycles. The first-order valence-electron chi connectivity index (χ1n) is 9.62. The molecule has 2 amide bonds. The molecular weight excluding hydrogens is 569 g/mol. The van der Waals surface area contributed by atoms with Crippen LogP contribution in [0.2, 0.25) is 5.02 Å². The van der Waals surface area contributed by atoms with Crippen LogP contribution in [0.3, 0.4) is 0 Å². The summed E-state index contributed by atoms with van der Waals surface area (Å²) >= 11 is 9.81. The number of halogens is 3. The van der Waals surface area contributed by atoms with Crippen LogP contribution in [0.25, 0.3) is 6.08 Å². The van der Waals surface area contributed by atoms with Crippen LogP contribution in [0.4, 0.5) is 9.18 Å². The van der Waals surface area contributed by atoms with Crippen molar-refractivity contribution in [1.29, 1.82) is 0 Å². The van der Waals surface area contributed by atoms with Crippen molar-refractivity contribution in [3.05, 3.63) is 98.1 Å². The summed E-state index contributed by atoms with van der Waals surface area (Å²) in [6.07, 6.45) is 1.49. The molecule has 0 atom stereocenters. The van der Waals surface area contributed by atoms with Gasteiger partial charge in [-0.2, -0.15) is 8.42 Å². The van der Waals surface area contributed by atoms with E-state index in [0.717, 1.165) is 16.7 Å². The van der Waals surface area contributed by atoms with Gasteiger partial charge in [-0.25, -0.2) is 4.39 Å². The van der Waals surface area contributed by atoms with Gasteiger partial charge >= 0.3 is 10.1 Å². The Morgan fingerprint density at radius 3 is 2.44 bits per heavy atom. The zero-order valence-electron chi connectivity index (χ0n) is 17.1. The molecule has 0 aromatic heterocycles. The highest BCUT2D eigenvalue weighted by atomic mass is 79.9. The van der Waals surface area contributed by atoms with E-state index < -0.39 is 27.1 Å². The predicted molar refractivity (Wildman–Crippen MR) is 131 cm³/mol. The first-order valence-corrected chi connectivity index (χ1v) is 13.0. The number of imide groups is 1. The molecule has 0 radical (unpaired) electrons. The fourth-order valence-corrected chi connectivity index (χ4v) is 5.52. The number of thioether (sulfide) groups is 1. The molecule has 1 aliphatic heterocycles. The van der Waals surface area contributed by atoms with Crippen LogP contribution in [0.15, 0.2) is 81.0 Å². The van der Waals surface area contributed by atoms with Crippen LogP contribution in [-0.4, -0.2) is 24.5 Å². The van der Waals surface area contributed by atoms with Crippen molar-refractivity contribution in [2.24, 2.45) is 0 Å². The molecule has 34 heavy (non-hydrogen) atoms. The highest BCUT2D eigenvalue weighted by Crippen LogP contribution is 2.35. The molecule has 0 saturated carbocycles. The Kier molecular flexibility index (Phi) is 7.13. The summed E-state index contributed by atoms with van der Waals surface area (Å²) in [5, 5.41) is -0.115. The third kappa shape index (κ3) is 5.35. The summed E-state index contributed by atoms with van der Waals surface area (Å²) in [4.78, 5) is 26.1. The molecule has 4 rings (SSSR count). The molecule has 3 aromatic rings. The zero-order chi connectivity index (χ0) is 24.5. The fraction of sp³-hybridized carbons (Fsp3) is 0.0435. The lowest BCUT2D eigenvalue weighted by Gasteiger charge is -2.12. The molecule has 1 fully saturated rings. The molecule has 1 heterocycles. The van der Waals surface area contributed by atoms with Gasteiger partial charge in [-0.15, -0.1) is 0 Å². The Balaban J connectivity index is 1.52. The Hall–Kier alpha value is -2.66. The average molecular weight is 583 g/mol. The van der Waals surface area contributed by atoms with E-state index in [0.29, 0.717) is 15.1 Å². The molecule has 0 N–H and O–H groups in total. The maximum Gasteiger partial charge on any atom is 0.339 e. The van der Waals surface area contributed by atoms with Gasteiger partial charge in [0.1, 0.15) is 10.7 Å². The lowest BCUT2D eigenvalue weighted by atomic mass is 10.2. The second kappa shape index (κ2) is 9.91. The highest BCUT2D eigenvalue weighted by molar-refractivity contribution is 9.10. The molecule has 1 saturated heterocycles. The maximum absolute atomic E-state index is 13.9. The van der Waals surface area contributed by atoms with Gasteiger partial charge in [0.05, 0.1) is 15.9 Å². The Bertz CT molecular complexity index is 1430. The van der Waals surface area contributed by atoms with Gasteiger partial charge in [0, 0.05) is 10.6 Å². The number of hydrogen-bond acceptors (Lipinski definition) is 6. The van der Waals surface area contributed by atoms with Crippen molar-refractivity contribution < 1.29 is 26.6 Å². The molecule has 0 bridgehead atoms. The summed E-state index contributed by atoms with van der Waals surface area (Å²) < 4.78 is 44.5. The van der Waals surface area contributed by atoms with Crippen molar-refractivity contribution in [2.45, 2.75) is 11.4 Å². The Morgan fingerprint density at radius 1 is 1.06 bits per heavy atom. The molecule has 0 spiro atoms. The molecule has 1 aliphatic rings. The predicted octanol–water partition coefficient (Wildman–Crippen LogP) is 6.25. The van der Waals surface area contributed by atoms with Crippen LogP contribution in [-0.2, 0) is 21.5 Å². The van der Waals surface area contributed by atoms with E-state index in [1.165, 1.54) is 54.6 Å². The lowest BCUT2D eigenvalue weighted by molar-refractivity contribution is -0.123. The topological polar surface area (TPSA) is 80.8 Å². The molecule has 174 valence electrons. The molecule has 0 unspecified atom stereocenters. The minimum absolute atomic E-state index is 0.0414. The lowest BCUT2D eigenvalue weighted by Crippen LogP contribution is -2.27. The average Bonchev–Trinajstić information content (AvgIpc) is 3.04. The number of benzene rings is 3. The molecule has 3 aromatic carbocycles. The molecule has 11 heteroatoms. The van der Waals surface area contributed by atoms with Gasteiger partial charge in [0.15, 0.2) is 5.75 Å². The van der Waals surface area contributed by atoms with E-state index in [1.54, 1.807) is 18.2 Å². The van der Waals surface area contributed by atoms with Crippen LogP contribution in [0.1, 0.15) is 11.1 Å². The van der Waals surface area contributed by atoms with Gasteiger partial charge in [0.2, 0.25) is 0 Å². The quantitative estimate of drug-likeness (QED) is 0.253. The van der Waals surface area contributed by atoms with Gasteiger partial charge in [-0.3, -0.25) is 14.5 Å². The number of amides is 2. The van der Waals surface area contributed by atoms with E-state index in [2.05, 4.69) is 15.9 Å². The van der Waals surface area contributed by atoms with Gasteiger partial charge in [-0.05, 0) is 81.8 Å². The van der Waals surface area contributed by atoms with Crippen LogP contribution in [0.5, 0.6) is 5.75 Å². The molecule has 6 nitrogen and oxygen atoms in total. The van der Waals surface area contributed by atoms with E-state index in [-0.39, 0.29) is 27.7 Å². The van der Waals surface area contributed by atoms with Crippen molar-refractivity contribution in [2.75, 3.05) is 0 Å². The first-order chi connectivity index (χ1) is 16.1. The van der Waals surface area contributed by atoms with E-state index in [4.69, 9.17) is 15.8 Å². The van der Waals surface area contributed by atoms with Gasteiger partial charge in [0.25, 0.3) is 11.1 Å². The van der Waals surface area contributed by atoms with Crippen LogP contribution >= 0.6 is 39.3 Å². The fourth-order valence-electron chi connectivity index (χ4n) is 3.03. The maximum atomic E-state index is 13.9. The standard InChI is InChI=1S/C23H14BrClFNO5S2/c24-18-11-14(5-10-20(18)32-34(30,31)17-8-6-16(25)7-9-17)12-21-22(28)27(23(29)33-21)13-15-3-1-2-4-19(15)26/h1-12H,13H2/b21-12-. The normalized spacial score (nSPS) is 15.3. The third-order valence-corrected chi connectivity index (χ3v) is 7.74. The van der Waals surface area contributed by atoms with Crippen LogP contribution in [0, 0.1) is 5.82 Å². The van der Waals surface area contributed by atoms with Crippen molar-refractivity contribution in [1.82, 2.24) is 4.90 Å². The Labute approximate surface area is 212 Å². The zero-order valence-corrected chi connectivity index (χ0v) is 21.0. The smallest absolute Gasteiger partial charge is 0.339 e. The van der Waals surface area contributed by atoms with Crippen molar-refractivity contribution >= 4 is 66.6 Å². The second-order valence-electron chi connectivity index (χ2n) is 7.04. The number of nitrogens with zero attached hydrogens (tertiary/aromatic N) is 1. The molecular formula is C23H14BrClFNO5S2. The first kappa shape index (κ1) is 24.5. The second-order valence-corrected chi connectivity index (χ2v) is 10.9. The summed E-state index contributed by atoms with van der Waals surface area (Å²) in [5.41, 5.74) is 0.761. The monoisotopic (exact) mass is 581 g/mol. The number of carbonyl (C=O) groups excluding carboxylic acids is 2. The highest BCUT2D eigenvalue weighted by Gasteiger charge is 2.35. The number of rotatable bonds is 6. The van der Waals surface area contributed by atoms with E-state index in [1.807, 2.05) is 0 Å². The Morgan fingerprint density at radius 2 is 1.76 bits per heavy atom. The largest absolute Gasteiger partial charge is 0.378 e. The SMILES string of the molecule is O=C1S/C(=C\c2ccc(OS(=O)(=O)c3ccc(Cl)cc3)c(Br)c2)C(=O)N1Cc1ccccc1F. The van der Waals surface area contributed by atoms with Crippen molar-refractivity contribution in [3.63, 3.8) is 0 Å². The minimum atomic E-state index is -4.09. The van der Waals surface area contributed by atoms with Gasteiger partial charge in [-0.1, -0.05) is 35.9 Å². The van der Waals surface area contributed by atoms with E-state index >= 15 is 0 Å². The summed E-state index contributed by atoms with van der Waals surface area (Å²) in [7, 11) is -4.09.